The van der Waals surface area contributed by atoms with Gasteiger partial charge in [0.2, 0.25) is 0 Å². The van der Waals surface area contributed by atoms with Crippen LogP contribution in [0.25, 0.3) is 5.69 Å². The second-order valence-corrected chi connectivity index (χ2v) is 7.68. The molecule has 0 amide bonds. The van der Waals surface area contributed by atoms with E-state index in [9.17, 15) is 5.11 Å². The highest BCUT2D eigenvalue weighted by Gasteiger charge is 2.26. The first kappa shape index (κ1) is 16.5. The Balaban J connectivity index is 1.32. The van der Waals surface area contributed by atoms with Crippen molar-refractivity contribution in [2.45, 2.75) is 25.5 Å². The highest BCUT2D eigenvalue weighted by Crippen LogP contribution is 2.33. The highest BCUT2D eigenvalue weighted by atomic mass is 32.1. The molecule has 0 radical (unpaired) electrons. The summed E-state index contributed by atoms with van der Waals surface area (Å²) in [7, 11) is 0. The second kappa shape index (κ2) is 7.52. The van der Waals surface area contributed by atoms with Gasteiger partial charge in [-0.3, -0.25) is 4.90 Å². The normalized spacial score (nSPS) is 17.6. The molecule has 1 N–H and O–H groups in total. The van der Waals surface area contributed by atoms with Crippen LogP contribution in [0.2, 0.25) is 0 Å². The fourth-order valence-electron chi connectivity index (χ4n) is 3.54. The van der Waals surface area contributed by atoms with E-state index in [1.807, 2.05) is 46.6 Å². The van der Waals surface area contributed by atoms with E-state index in [0.29, 0.717) is 5.92 Å². The predicted octanol–water partition coefficient (Wildman–Crippen LogP) is 3.88. The summed E-state index contributed by atoms with van der Waals surface area (Å²) in [5.74, 6) is 0.377. The third-order valence-corrected chi connectivity index (χ3v) is 5.92. The first-order valence-electron chi connectivity index (χ1n) is 8.82. The minimum atomic E-state index is -0.303. The van der Waals surface area contributed by atoms with Crippen molar-refractivity contribution in [2.75, 3.05) is 13.1 Å². The highest BCUT2D eigenvalue weighted by molar-refractivity contribution is 7.10. The van der Waals surface area contributed by atoms with Crippen molar-refractivity contribution in [3.63, 3.8) is 0 Å². The van der Waals surface area contributed by atoms with Gasteiger partial charge in [-0.05, 0) is 55.4 Å². The Morgan fingerprint density at radius 2 is 1.92 bits per heavy atom. The molecule has 1 saturated heterocycles. The number of nitrogens with zero attached hydrogens (tertiary/aromatic N) is 3. The first-order chi connectivity index (χ1) is 12.3. The summed E-state index contributed by atoms with van der Waals surface area (Å²) in [4.78, 5) is 3.56. The van der Waals surface area contributed by atoms with Crippen molar-refractivity contribution in [2.24, 2.45) is 5.92 Å². The summed E-state index contributed by atoms with van der Waals surface area (Å²) >= 11 is 1.65. The van der Waals surface area contributed by atoms with Crippen LogP contribution in [0.4, 0.5) is 0 Å². The minimum Gasteiger partial charge on any atom is -0.387 e. The van der Waals surface area contributed by atoms with Gasteiger partial charge >= 0.3 is 0 Å². The lowest BCUT2D eigenvalue weighted by Gasteiger charge is -2.33. The smallest absolute Gasteiger partial charge is 0.0910 e. The Morgan fingerprint density at radius 3 is 2.64 bits per heavy atom. The zero-order chi connectivity index (χ0) is 17.1. The molecule has 0 unspecified atom stereocenters. The Labute approximate surface area is 152 Å². The van der Waals surface area contributed by atoms with Crippen molar-refractivity contribution in [3.05, 3.63) is 70.7 Å². The van der Waals surface area contributed by atoms with Gasteiger partial charge in [0.25, 0.3) is 0 Å². The molecule has 5 heteroatoms. The van der Waals surface area contributed by atoms with Crippen LogP contribution in [0.1, 0.15) is 29.4 Å². The summed E-state index contributed by atoms with van der Waals surface area (Å²) < 4.78 is 1.93. The molecule has 3 aromatic rings. The molecule has 4 rings (SSSR count). The standard InChI is InChI=1S/C20H23N3OS/c24-20(19-7-4-12-25-19)17-8-10-22(11-9-17)14-16-13-21-23(15-16)18-5-2-1-3-6-18/h1-7,12-13,15,17,20,24H,8-11,14H2/t20-/m0/s1. The summed E-state index contributed by atoms with van der Waals surface area (Å²) in [6, 6.07) is 14.3. The van der Waals surface area contributed by atoms with E-state index in [1.54, 1.807) is 11.3 Å². The third-order valence-electron chi connectivity index (χ3n) is 4.98. The van der Waals surface area contributed by atoms with Gasteiger partial charge in [-0.25, -0.2) is 4.68 Å². The molecule has 0 spiro atoms. The van der Waals surface area contributed by atoms with Crippen molar-refractivity contribution in [1.82, 2.24) is 14.7 Å². The number of thiophene rings is 1. The molecule has 0 aliphatic carbocycles. The first-order valence-corrected chi connectivity index (χ1v) is 9.70. The van der Waals surface area contributed by atoms with Gasteiger partial charge in [-0.15, -0.1) is 11.3 Å². The molecule has 3 heterocycles. The SMILES string of the molecule is O[C@H](c1cccs1)C1CCN(Cc2cnn(-c3ccccc3)c2)CC1. The van der Waals surface area contributed by atoms with Crippen LogP contribution in [-0.2, 0) is 6.54 Å². The van der Waals surface area contributed by atoms with Gasteiger partial charge in [0.1, 0.15) is 0 Å². The molecule has 1 atom stereocenters. The number of aromatic nitrogens is 2. The minimum absolute atomic E-state index is 0.303. The van der Waals surface area contributed by atoms with Crippen molar-refractivity contribution < 1.29 is 5.11 Å². The maximum absolute atomic E-state index is 10.5. The van der Waals surface area contributed by atoms with E-state index in [2.05, 4.69) is 28.3 Å². The second-order valence-electron chi connectivity index (χ2n) is 6.70. The molecule has 25 heavy (non-hydrogen) atoms. The number of hydrogen-bond acceptors (Lipinski definition) is 4. The van der Waals surface area contributed by atoms with Gasteiger partial charge in [-0.1, -0.05) is 24.3 Å². The van der Waals surface area contributed by atoms with E-state index >= 15 is 0 Å². The molecular formula is C20H23N3OS. The van der Waals surface area contributed by atoms with Crippen LogP contribution < -0.4 is 0 Å². The summed E-state index contributed by atoms with van der Waals surface area (Å²) in [5, 5.41) is 17.0. The van der Waals surface area contributed by atoms with Gasteiger partial charge < -0.3 is 5.11 Å². The molecule has 4 nitrogen and oxygen atoms in total. The zero-order valence-electron chi connectivity index (χ0n) is 14.2. The topological polar surface area (TPSA) is 41.3 Å². The van der Waals surface area contributed by atoms with E-state index in [0.717, 1.165) is 43.0 Å². The number of para-hydroxylation sites is 1. The van der Waals surface area contributed by atoms with E-state index < -0.39 is 0 Å². The lowest BCUT2D eigenvalue weighted by atomic mass is 9.90. The number of benzene rings is 1. The van der Waals surface area contributed by atoms with Crippen LogP contribution in [0.5, 0.6) is 0 Å². The van der Waals surface area contributed by atoms with Crippen LogP contribution in [0, 0.1) is 5.92 Å². The molecule has 1 aliphatic heterocycles. The van der Waals surface area contributed by atoms with Gasteiger partial charge in [0.15, 0.2) is 0 Å². The number of hydrogen-bond donors (Lipinski definition) is 1. The number of rotatable bonds is 5. The maximum Gasteiger partial charge on any atom is 0.0910 e. The summed E-state index contributed by atoms with van der Waals surface area (Å²) in [6.07, 6.45) is 5.86. The molecule has 2 aromatic heterocycles. The Bertz CT molecular complexity index is 776. The number of aliphatic hydroxyl groups excluding tert-OH is 1. The number of aliphatic hydroxyl groups is 1. The average Bonchev–Trinajstić information content (AvgIpc) is 3.35. The Kier molecular flexibility index (Phi) is 4.97. The third kappa shape index (κ3) is 3.84. The molecule has 0 saturated carbocycles. The molecule has 1 aromatic carbocycles. The maximum atomic E-state index is 10.5. The van der Waals surface area contributed by atoms with Gasteiger partial charge in [0.05, 0.1) is 18.0 Å². The molecule has 1 fully saturated rings. The van der Waals surface area contributed by atoms with Crippen molar-refractivity contribution >= 4 is 11.3 Å². The lowest BCUT2D eigenvalue weighted by molar-refractivity contribution is 0.0591. The Morgan fingerprint density at radius 1 is 1.12 bits per heavy atom. The van der Waals surface area contributed by atoms with E-state index in [-0.39, 0.29) is 6.10 Å². The van der Waals surface area contributed by atoms with Gasteiger partial charge in [-0.2, -0.15) is 5.10 Å². The van der Waals surface area contributed by atoms with Crippen LogP contribution in [0.15, 0.2) is 60.2 Å². The summed E-state index contributed by atoms with van der Waals surface area (Å²) in [5.41, 5.74) is 2.33. The van der Waals surface area contributed by atoms with Crippen molar-refractivity contribution in [3.8, 4) is 5.69 Å². The molecule has 1 aliphatic rings. The van der Waals surface area contributed by atoms with Crippen molar-refractivity contribution in [1.29, 1.82) is 0 Å². The number of likely N-dealkylation sites (tertiary alicyclic amines) is 1. The average molecular weight is 353 g/mol. The monoisotopic (exact) mass is 353 g/mol. The van der Waals surface area contributed by atoms with E-state index in [1.165, 1.54) is 5.56 Å². The lowest BCUT2D eigenvalue weighted by Crippen LogP contribution is -2.35. The van der Waals surface area contributed by atoms with Gasteiger partial charge in [0, 0.05) is 23.2 Å². The molecular weight excluding hydrogens is 330 g/mol. The summed E-state index contributed by atoms with van der Waals surface area (Å²) in [6.45, 7) is 2.99. The zero-order valence-corrected chi connectivity index (χ0v) is 15.0. The quantitative estimate of drug-likeness (QED) is 0.757. The van der Waals surface area contributed by atoms with E-state index in [4.69, 9.17) is 0 Å². The molecule has 0 bridgehead atoms. The Hall–Kier alpha value is -1.95. The fourth-order valence-corrected chi connectivity index (χ4v) is 4.34. The molecule has 130 valence electrons. The van der Waals surface area contributed by atoms with Crippen LogP contribution in [-0.4, -0.2) is 32.9 Å². The predicted molar refractivity (Wildman–Crippen MR) is 101 cm³/mol. The van der Waals surface area contributed by atoms with Crippen LogP contribution >= 0.6 is 11.3 Å². The fraction of sp³-hybridized carbons (Fsp3) is 0.350. The number of piperidine rings is 1. The largest absolute Gasteiger partial charge is 0.387 e. The van der Waals surface area contributed by atoms with Crippen LogP contribution in [0.3, 0.4) is 0 Å².